The Balaban J connectivity index is 2.13. The van der Waals surface area contributed by atoms with Crippen LogP contribution in [0.25, 0.3) is 11.0 Å². The highest BCUT2D eigenvalue weighted by Gasteiger charge is 2.19. The number of hydrogen-bond donors (Lipinski definition) is 1. The molecule has 0 aliphatic heterocycles. The zero-order valence-corrected chi connectivity index (χ0v) is 12.2. The van der Waals surface area contributed by atoms with E-state index >= 15 is 0 Å². The SMILES string of the molecule is Cc1ccc2oc(C(=O)NCC(C)(C)CCl)cc2c1. The van der Waals surface area contributed by atoms with E-state index in [0.717, 1.165) is 16.5 Å². The zero-order valence-electron chi connectivity index (χ0n) is 11.4. The highest BCUT2D eigenvalue weighted by molar-refractivity contribution is 6.18. The molecular formula is C15H18ClNO2. The fourth-order valence-corrected chi connectivity index (χ4v) is 1.82. The number of rotatable bonds is 4. The van der Waals surface area contributed by atoms with Crippen LogP contribution in [-0.2, 0) is 0 Å². The van der Waals surface area contributed by atoms with E-state index in [1.54, 1.807) is 6.07 Å². The van der Waals surface area contributed by atoms with Crippen LogP contribution in [0.2, 0.25) is 0 Å². The van der Waals surface area contributed by atoms with Crippen LogP contribution in [-0.4, -0.2) is 18.3 Å². The van der Waals surface area contributed by atoms with Gasteiger partial charge in [0.2, 0.25) is 0 Å². The van der Waals surface area contributed by atoms with Gasteiger partial charge in [-0.1, -0.05) is 25.5 Å². The first-order valence-corrected chi connectivity index (χ1v) is 6.79. The highest BCUT2D eigenvalue weighted by Crippen LogP contribution is 2.21. The molecule has 1 aromatic heterocycles. The lowest BCUT2D eigenvalue weighted by Crippen LogP contribution is -2.34. The number of fused-ring (bicyclic) bond motifs is 1. The van der Waals surface area contributed by atoms with Crippen LogP contribution in [0.4, 0.5) is 0 Å². The van der Waals surface area contributed by atoms with Gasteiger partial charge in [-0.25, -0.2) is 0 Å². The van der Waals surface area contributed by atoms with Crippen LogP contribution in [0, 0.1) is 12.3 Å². The molecule has 2 aromatic rings. The average Bonchev–Trinajstić information content (AvgIpc) is 2.79. The number of aryl methyl sites for hydroxylation is 1. The molecule has 0 saturated heterocycles. The van der Waals surface area contributed by atoms with Gasteiger partial charge in [0.05, 0.1) is 0 Å². The Bertz CT molecular complexity index is 601. The summed E-state index contributed by atoms with van der Waals surface area (Å²) >= 11 is 5.83. The molecule has 0 unspecified atom stereocenters. The van der Waals surface area contributed by atoms with E-state index in [-0.39, 0.29) is 11.3 Å². The van der Waals surface area contributed by atoms with Crippen molar-refractivity contribution in [3.05, 3.63) is 35.6 Å². The van der Waals surface area contributed by atoms with Crippen molar-refractivity contribution >= 4 is 28.5 Å². The van der Waals surface area contributed by atoms with Crippen molar-refractivity contribution < 1.29 is 9.21 Å². The minimum atomic E-state index is -0.202. The Labute approximate surface area is 117 Å². The third-order valence-electron chi connectivity index (χ3n) is 2.98. The number of halogens is 1. The molecule has 0 aliphatic carbocycles. The predicted molar refractivity (Wildman–Crippen MR) is 77.8 cm³/mol. The van der Waals surface area contributed by atoms with E-state index in [1.807, 2.05) is 39.0 Å². The van der Waals surface area contributed by atoms with Gasteiger partial charge < -0.3 is 9.73 Å². The molecule has 0 fully saturated rings. The van der Waals surface area contributed by atoms with Gasteiger partial charge in [-0.3, -0.25) is 4.79 Å². The van der Waals surface area contributed by atoms with Crippen molar-refractivity contribution in [3.63, 3.8) is 0 Å². The van der Waals surface area contributed by atoms with Crippen LogP contribution in [0.3, 0.4) is 0 Å². The summed E-state index contributed by atoms with van der Waals surface area (Å²) in [6.45, 7) is 6.53. The van der Waals surface area contributed by atoms with Crippen molar-refractivity contribution in [2.75, 3.05) is 12.4 Å². The summed E-state index contributed by atoms with van der Waals surface area (Å²) < 4.78 is 5.54. The van der Waals surface area contributed by atoms with E-state index in [4.69, 9.17) is 16.0 Å². The lowest BCUT2D eigenvalue weighted by atomic mass is 9.96. The largest absolute Gasteiger partial charge is 0.451 e. The first-order chi connectivity index (χ1) is 8.91. The fourth-order valence-electron chi connectivity index (χ4n) is 1.73. The number of benzene rings is 1. The normalized spacial score (nSPS) is 11.8. The van der Waals surface area contributed by atoms with Gasteiger partial charge in [0.1, 0.15) is 5.58 Å². The maximum atomic E-state index is 12.0. The second-order valence-electron chi connectivity index (χ2n) is 5.63. The van der Waals surface area contributed by atoms with E-state index in [1.165, 1.54) is 0 Å². The van der Waals surface area contributed by atoms with Gasteiger partial charge in [0.15, 0.2) is 5.76 Å². The molecule has 1 heterocycles. The van der Waals surface area contributed by atoms with E-state index in [2.05, 4.69) is 5.32 Å². The molecule has 0 aliphatic rings. The number of carbonyl (C=O) groups excluding carboxylic acids is 1. The summed E-state index contributed by atoms with van der Waals surface area (Å²) in [6.07, 6.45) is 0. The maximum absolute atomic E-state index is 12.0. The Morgan fingerprint density at radius 3 is 2.79 bits per heavy atom. The Morgan fingerprint density at radius 1 is 1.37 bits per heavy atom. The van der Waals surface area contributed by atoms with Gasteiger partial charge in [0.25, 0.3) is 5.91 Å². The Kier molecular flexibility index (Phi) is 3.85. The van der Waals surface area contributed by atoms with Crippen molar-refractivity contribution in [2.45, 2.75) is 20.8 Å². The van der Waals surface area contributed by atoms with Crippen molar-refractivity contribution in [1.82, 2.24) is 5.32 Å². The van der Waals surface area contributed by atoms with Gasteiger partial charge >= 0.3 is 0 Å². The number of hydrogen-bond acceptors (Lipinski definition) is 2. The van der Waals surface area contributed by atoms with Gasteiger partial charge in [-0.05, 0) is 30.5 Å². The highest BCUT2D eigenvalue weighted by atomic mass is 35.5. The molecule has 2 rings (SSSR count). The standard InChI is InChI=1S/C15H18ClNO2/c1-10-4-5-12-11(6-10)7-13(19-12)14(18)17-9-15(2,3)8-16/h4-7H,8-9H2,1-3H3,(H,17,18). The Hall–Kier alpha value is -1.48. The van der Waals surface area contributed by atoms with Crippen LogP contribution in [0.1, 0.15) is 30.0 Å². The second kappa shape index (κ2) is 5.25. The van der Waals surface area contributed by atoms with Gasteiger partial charge in [-0.15, -0.1) is 11.6 Å². The summed E-state index contributed by atoms with van der Waals surface area (Å²) in [6, 6.07) is 7.61. The molecular weight excluding hydrogens is 262 g/mol. The van der Waals surface area contributed by atoms with Crippen LogP contribution in [0.5, 0.6) is 0 Å². The van der Waals surface area contributed by atoms with Crippen molar-refractivity contribution in [3.8, 4) is 0 Å². The monoisotopic (exact) mass is 279 g/mol. The summed E-state index contributed by atoms with van der Waals surface area (Å²) in [5.74, 6) is 0.630. The van der Waals surface area contributed by atoms with Gasteiger partial charge in [0, 0.05) is 17.8 Å². The molecule has 102 valence electrons. The molecule has 0 spiro atoms. The number of carbonyl (C=O) groups is 1. The quantitative estimate of drug-likeness (QED) is 0.867. The van der Waals surface area contributed by atoms with E-state index < -0.39 is 0 Å². The first-order valence-electron chi connectivity index (χ1n) is 6.26. The lowest BCUT2D eigenvalue weighted by Gasteiger charge is -2.21. The minimum absolute atomic E-state index is 0.125. The molecule has 1 amide bonds. The van der Waals surface area contributed by atoms with Crippen LogP contribution < -0.4 is 5.32 Å². The molecule has 1 N–H and O–H groups in total. The lowest BCUT2D eigenvalue weighted by molar-refractivity contribution is 0.0914. The molecule has 0 bridgehead atoms. The van der Waals surface area contributed by atoms with Crippen LogP contribution in [0.15, 0.2) is 28.7 Å². The maximum Gasteiger partial charge on any atom is 0.287 e. The molecule has 0 radical (unpaired) electrons. The van der Waals surface area contributed by atoms with E-state index in [9.17, 15) is 4.79 Å². The number of amides is 1. The summed E-state index contributed by atoms with van der Waals surface area (Å²) in [4.78, 5) is 12.0. The molecule has 3 nitrogen and oxygen atoms in total. The number of alkyl halides is 1. The molecule has 1 aromatic carbocycles. The topological polar surface area (TPSA) is 42.2 Å². The minimum Gasteiger partial charge on any atom is -0.451 e. The third-order valence-corrected chi connectivity index (χ3v) is 3.71. The van der Waals surface area contributed by atoms with Crippen molar-refractivity contribution in [2.24, 2.45) is 5.41 Å². The molecule has 0 atom stereocenters. The number of furan rings is 1. The summed E-state index contributed by atoms with van der Waals surface area (Å²) in [5.41, 5.74) is 1.75. The zero-order chi connectivity index (χ0) is 14.0. The molecule has 0 saturated carbocycles. The number of nitrogens with one attached hydrogen (secondary N) is 1. The third kappa shape index (κ3) is 3.29. The van der Waals surface area contributed by atoms with Crippen LogP contribution >= 0.6 is 11.6 Å². The average molecular weight is 280 g/mol. The predicted octanol–water partition coefficient (Wildman–Crippen LogP) is 3.74. The second-order valence-corrected chi connectivity index (χ2v) is 5.90. The Morgan fingerprint density at radius 2 is 2.11 bits per heavy atom. The smallest absolute Gasteiger partial charge is 0.287 e. The van der Waals surface area contributed by atoms with E-state index in [0.29, 0.717) is 18.2 Å². The molecule has 19 heavy (non-hydrogen) atoms. The fraction of sp³-hybridized carbons (Fsp3) is 0.400. The van der Waals surface area contributed by atoms with Crippen molar-refractivity contribution in [1.29, 1.82) is 0 Å². The first kappa shape index (κ1) is 13.9. The summed E-state index contributed by atoms with van der Waals surface area (Å²) in [7, 11) is 0. The summed E-state index contributed by atoms with van der Waals surface area (Å²) in [5, 5.41) is 3.79. The van der Waals surface area contributed by atoms with Gasteiger partial charge in [-0.2, -0.15) is 0 Å². The molecule has 4 heteroatoms.